The zero-order chi connectivity index (χ0) is 17.9. The molecule has 9 heteroatoms. The molecule has 0 aromatic heterocycles. The lowest BCUT2D eigenvalue weighted by atomic mass is 10.2. The van der Waals surface area contributed by atoms with E-state index in [-0.39, 0.29) is 42.5 Å². The molecule has 0 aliphatic carbocycles. The Labute approximate surface area is 138 Å². The Bertz CT molecular complexity index is 570. The number of carboxylic acid groups (broad SMARTS) is 1. The van der Waals surface area contributed by atoms with Gasteiger partial charge in [0.25, 0.3) is 5.91 Å². The van der Waals surface area contributed by atoms with Gasteiger partial charge in [-0.3, -0.25) is 14.4 Å². The number of phenols is 2. The number of carboxylic acids is 1. The van der Waals surface area contributed by atoms with Crippen LogP contribution < -0.4 is 16.0 Å². The van der Waals surface area contributed by atoms with Gasteiger partial charge in [-0.25, -0.2) is 0 Å². The second-order valence-corrected chi connectivity index (χ2v) is 5.02. The van der Waals surface area contributed by atoms with Crippen molar-refractivity contribution in [3.8, 4) is 11.5 Å². The minimum Gasteiger partial charge on any atom is -0.508 e. The van der Waals surface area contributed by atoms with Crippen LogP contribution in [0.3, 0.4) is 0 Å². The first-order valence-electron chi connectivity index (χ1n) is 7.39. The number of hydrogen-bond donors (Lipinski definition) is 6. The molecule has 132 valence electrons. The van der Waals surface area contributed by atoms with Crippen LogP contribution in [0.15, 0.2) is 18.2 Å². The average molecular weight is 339 g/mol. The summed E-state index contributed by atoms with van der Waals surface area (Å²) in [5.74, 6) is -2.04. The molecule has 0 saturated heterocycles. The number of phenolic OH excluding ortho intramolecular Hbond substituents is 2. The van der Waals surface area contributed by atoms with Gasteiger partial charge in [-0.15, -0.1) is 0 Å². The molecule has 0 bridgehead atoms. The predicted octanol–water partition coefficient (Wildman–Crippen LogP) is -0.602. The zero-order valence-electron chi connectivity index (χ0n) is 13.0. The average Bonchev–Trinajstić information content (AvgIpc) is 2.49. The summed E-state index contributed by atoms with van der Waals surface area (Å²) >= 11 is 0. The highest BCUT2D eigenvalue weighted by Crippen LogP contribution is 2.20. The number of amides is 2. The highest BCUT2D eigenvalue weighted by molar-refractivity contribution is 5.95. The number of aliphatic carboxylic acids is 1. The van der Waals surface area contributed by atoms with E-state index in [2.05, 4.69) is 16.0 Å². The number of carbonyl (C=O) groups is 3. The maximum absolute atomic E-state index is 11.8. The van der Waals surface area contributed by atoms with Gasteiger partial charge in [0, 0.05) is 37.7 Å². The Hall–Kier alpha value is -2.81. The molecule has 9 nitrogen and oxygen atoms in total. The van der Waals surface area contributed by atoms with Crippen LogP contribution in [-0.4, -0.2) is 59.3 Å². The van der Waals surface area contributed by atoms with Gasteiger partial charge in [-0.1, -0.05) is 0 Å². The van der Waals surface area contributed by atoms with Crippen LogP contribution in [0.5, 0.6) is 11.5 Å². The van der Waals surface area contributed by atoms with E-state index in [0.29, 0.717) is 19.5 Å². The molecule has 0 fully saturated rings. The predicted molar refractivity (Wildman–Crippen MR) is 84.9 cm³/mol. The number of nitrogens with one attached hydrogen (secondary N) is 3. The monoisotopic (exact) mass is 339 g/mol. The van der Waals surface area contributed by atoms with Gasteiger partial charge in [0.05, 0.1) is 6.54 Å². The van der Waals surface area contributed by atoms with Crippen LogP contribution in [0, 0.1) is 0 Å². The van der Waals surface area contributed by atoms with Crippen molar-refractivity contribution in [3.05, 3.63) is 23.8 Å². The van der Waals surface area contributed by atoms with Crippen LogP contribution in [0.25, 0.3) is 0 Å². The number of rotatable bonds is 10. The molecule has 0 atom stereocenters. The van der Waals surface area contributed by atoms with E-state index in [0.717, 1.165) is 6.07 Å². The molecule has 0 spiro atoms. The van der Waals surface area contributed by atoms with Crippen molar-refractivity contribution in [1.29, 1.82) is 0 Å². The lowest BCUT2D eigenvalue weighted by Gasteiger charge is -2.07. The van der Waals surface area contributed by atoms with Crippen molar-refractivity contribution in [2.75, 3.05) is 26.2 Å². The van der Waals surface area contributed by atoms with Crippen LogP contribution in [0.4, 0.5) is 0 Å². The number of hydrogen-bond acceptors (Lipinski definition) is 6. The van der Waals surface area contributed by atoms with Gasteiger partial charge < -0.3 is 31.3 Å². The third-order valence-electron chi connectivity index (χ3n) is 2.93. The summed E-state index contributed by atoms with van der Waals surface area (Å²) in [7, 11) is 0. The molecular formula is C15H21N3O6. The van der Waals surface area contributed by atoms with E-state index in [1.807, 2.05) is 0 Å². The molecule has 0 radical (unpaired) electrons. The van der Waals surface area contributed by atoms with Crippen molar-refractivity contribution < 1.29 is 29.7 Å². The van der Waals surface area contributed by atoms with Crippen LogP contribution in [-0.2, 0) is 9.59 Å². The first-order valence-corrected chi connectivity index (χ1v) is 7.39. The second kappa shape index (κ2) is 10.1. The Morgan fingerprint density at radius 3 is 2.21 bits per heavy atom. The van der Waals surface area contributed by atoms with Gasteiger partial charge in [0.15, 0.2) is 0 Å². The lowest BCUT2D eigenvalue weighted by molar-refractivity contribution is -0.135. The van der Waals surface area contributed by atoms with E-state index >= 15 is 0 Å². The summed E-state index contributed by atoms with van der Waals surface area (Å²) in [4.78, 5) is 33.6. The summed E-state index contributed by atoms with van der Waals surface area (Å²) in [6.07, 6.45) is 0.634. The van der Waals surface area contributed by atoms with Crippen molar-refractivity contribution in [2.45, 2.75) is 12.8 Å². The standard InChI is InChI=1S/C15H21N3O6/c19-11-6-10(7-12(20)8-11)15(24)18-3-1-2-13(21)17-5-4-16-9-14(22)23/h6-8,16,19-20H,1-5,9H2,(H,17,21)(H,18,24)(H,22,23). The maximum Gasteiger partial charge on any atom is 0.317 e. The van der Waals surface area contributed by atoms with Crippen molar-refractivity contribution >= 4 is 17.8 Å². The first kappa shape index (κ1) is 19.2. The Morgan fingerprint density at radius 2 is 1.58 bits per heavy atom. The highest BCUT2D eigenvalue weighted by Gasteiger charge is 2.08. The van der Waals surface area contributed by atoms with Gasteiger partial charge in [0.1, 0.15) is 11.5 Å². The number of aromatic hydroxyl groups is 2. The molecule has 1 aromatic rings. The molecule has 1 rings (SSSR count). The maximum atomic E-state index is 11.8. The molecule has 2 amide bonds. The van der Waals surface area contributed by atoms with E-state index < -0.39 is 11.9 Å². The van der Waals surface area contributed by atoms with Crippen molar-refractivity contribution in [2.24, 2.45) is 0 Å². The first-order chi connectivity index (χ1) is 11.4. The SMILES string of the molecule is O=C(O)CNCCNC(=O)CCCNC(=O)c1cc(O)cc(O)c1. The molecule has 1 aromatic carbocycles. The molecule has 0 aliphatic rings. The lowest BCUT2D eigenvalue weighted by Crippen LogP contribution is -2.34. The van der Waals surface area contributed by atoms with Crippen LogP contribution in [0.1, 0.15) is 23.2 Å². The fraction of sp³-hybridized carbons (Fsp3) is 0.400. The minimum atomic E-state index is -0.961. The smallest absolute Gasteiger partial charge is 0.317 e. The van der Waals surface area contributed by atoms with E-state index in [1.165, 1.54) is 12.1 Å². The quantitative estimate of drug-likeness (QED) is 0.312. The molecule has 0 aliphatic heterocycles. The van der Waals surface area contributed by atoms with Gasteiger partial charge in [0.2, 0.25) is 5.91 Å². The topological polar surface area (TPSA) is 148 Å². The minimum absolute atomic E-state index is 0.126. The number of carbonyl (C=O) groups excluding carboxylic acids is 2. The zero-order valence-corrected chi connectivity index (χ0v) is 13.0. The van der Waals surface area contributed by atoms with Gasteiger partial charge >= 0.3 is 5.97 Å². The summed E-state index contributed by atoms with van der Waals surface area (Å²) in [6.45, 7) is 0.781. The fourth-order valence-corrected chi connectivity index (χ4v) is 1.85. The second-order valence-electron chi connectivity index (χ2n) is 5.02. The molecule has 6 N–H and O–H groups in total. The Balaban J connectivity index is 2.15. The summed E-state index contributed by atoms with van der Waals surface area (Å²) < 4.78 is 0. The molecule has 0 heterocycles. The summed E-state index contributed by atoms with van der Waals surface area (Å²) in [5.41, 5.74) is 0.126. The van der Waals surface area contributed by atoms with Crippen molar-refractivity contribution in [3.63, 3.8) is 0 Å². The van der Waals surface area contributed by atoms with E-state index in [4.69, 9.17) is 5.11 Å². The van der Waals surface area contributed by atoms with E-state index in [1.54, 1.807) is 0 Å². The molecule has 0 saturated carbocycles. The fourth-order valence-electron chi connectivity index (χ4n) is 1.85. The Morgan fingerprint density at radius 1 is 0.917 bits per heavy atom. The molecular weight excluding hydrogens is 318 g/mol. The molecule has 0 unspecified atom stereocenters. The van der Waals surface area contributed by atoms with Gasteiger partial charge in [-0.2, -0.15) is 0 Å². The summed E-state index contributed by atoms with van der Waals surface area (Å²) in [5, 5.41) is 34.9. The third-order valence-corrected chi connectivity index (χ3v) is 2.93. The third kappa shape index (κ3) is 7.99. The molecule has 24 heavy (non-hydrogen) atoms. The van der Waals surface area contributed by atoms with Crippen LogP contribution >= 0.6 is 0 Å². The van der Waals surface area contributed by atoms with Gasteiger partial charge in [-0.05, 0) is 18.6 Å². The Kier molecular flexibility index (Phi) is 8.06. The van der Waals surface area contributed by atoms with Crippen LogP contribution in [0.2, 0.25) is 0 Å². The van der Waals surface area contributed by atoms with Crippen molar-refractivity contribution in [1.82, 2.24) is 16.0 Å². The largest absolute Gasteiger partial charge is 0.508 e. The van der Waals surface area contributed by atoms with E-state index in [9.17, 15) is 24.6 Å². The highest BCUT2D eigenvalue weighted by atomic mass is 16.4. The normalized spacial score (nSPS) is 10.2. The summed E-state index contributed by atoms with van der Waals surface area (Å²) in [6, 6.07) is 3.57. The number of benzene rings is 1.